The molecule has 7 aromatic rings. The maximum atomic E-state index is 4.58. The molecular formula is C36H25N. The van der Waals surface area contributed by atoms with Crippen molar-refractivity contribution in [1.29, 1.82) is 0 Å². The Hall–Kier alpha value is -4.75. The molecule has 0 aliphatic rings. The lowest BCUT2D eigenvalue weighted by Crippen LogP contribution is -1.92. The van der Waals surface area contributed by atoms with Crippen molar-refractivity contribution < 1.29 is 0 Å². The number of hydrogen-bond acceptors (Lipinski definition) is 1. The summed E-state index contributed by atoms with van der Waals surface area (Å²) >= 11 is 0. The molecule has 1 aromatic heterocycles. The Balaban J connectivity index is 1.51. The van der Waals surface area contributed by atoms with Crippen LogP contribution in [-0.2, 0) is 0 Å². The van der Waals surface area contributed by atoms with Crippen molar-refractivity contribution >= 4 is 32.3 Å². The molecule has 0 spiro atoms. The highest BCUT2D eigenvalue weighted by molar-refractivity contribution is 6.23. The maximum absolute atomic E-state index is 4.58. The van der Waals surface area contributed by atoms with Gasteiger partial charge in [0.2, 0.25) is 0 Å². The summed E-state index contributed by atoms with van der Waals surface area (Å²) in [7, 11) is 0. The van der Waals surface area contributed by atoms with Crippen LogP contribution in [0.4, 0.5) is 0 Å². The van der Waals surface area contributed by atoms with Crippen molar-refractivity contribution in [3.63, 3.8) is 0 Å². The first-order chi connectivity index (χ1) is 18.3. The summed E-state index contributed by atoms with van der Waals surface area (Å²) in [4.78, 5) is 4.58. The minimum Gasteiger partial charge on any atom is -0.264 e. The molecular weight excluding hydrogens is 446 g/mol. The van der Waals surface area contributed by atoms with Crippen LogP contribution < -0.4 is 0 Å². The van der Waals surface area contributed by atoms with E-state index in [0.29, 0.717) is 0 Å². The molecule has 0 bridgehead atoms. The predicted molar refractivity (Wildman–Crippen MR) is 158 cm³/mol. The van der Waals surface area contributed by atoms with Crippen molar-refractivity contribution in [3.05, 3.63) is 139 Å². The Kier molecular flexibility index (Phi) is 5.08. The van der Waals surface area contributed by atoms with Crippen LogP contribution in [0, 0.1) is 6.92 Å². The fraction of sp³-hybridized carbons (Fsp3) is 0.0278. The molecule has 0 N–H and O–H groups in total. The molecule has 0 atom stereocenters. The van der Waals surface area contributed by atoms with Gasteiger partial charge in [0, 0.05) is 17.8 Å². The zero-order valence-electron chi connectivity index (χ0n) is 20.6. The van der Waals surface area contributed by atoms with E-state index in [1.165, 1.54) is 71.3 Å². The van der Waals surface area contributed by atoms with Gasteiger partial charge in [0.25, 0.3) is 0 Å². The second kappa shape index (κ2) is 8.72. The summed E-state index contributed by atoms with van der Waals surface area (Å²) in [6.07, 6.45) is 3.94. The van der Waals surface area contributed by atoms with Crippen LogP contribution in [0.1, 0.15) is 5.56 Å². The molecule has 37 heavy (non-hydrogen) atoms. The number of pyridine rings is 1. The molecule has 0 amide bonds. The standard InChI is InChI=1S/C36H25N/c1-24-13-15-25(16-14-24)26-17-19-28(20-18-26)35-31-10-4-5-11-32(31)36(33-21-22-37-23-34(33)35)30-12-6-8-27-7-2-3-9-29(27)30/h2-23H,1H3. The van der Waals surface area contributed by atoms with Crippen molar-refractivity contribution in [1.82, 2.24) is 4.98 Å². The molecule has 0 radical (unpaired) electrons. The minimum absolute atomic E-state index is 1.17. The molecule has 0 fully saturated rings. The summed E-state index contributed by atoms with van der Waals surface area (Å²) in [5.41, 5.74) is 8.70. The van der Waals surface area contributed by atoms with E-state index in [4.69, 9.17) is 0 Å². The fourth-order valence-corrected chi connectivity index (χ4v) is 5.64. The average Bonchev–Trinajstić information content (AvgIpc) is 2.96. The summed E-state index contributed by atoms with van der Waals surface area (Å²) in [5, 5.41) is 7.42. The smallest absolute Gasteiger partial charge is 0.0353 e. The molecule has 6 aromatic carbocycles. The van der Waals surface area contributed by atoms with Crippen molar-refractivity contribution in [2.75, 3.05) is 0 Å². The topological polar surface area (TPSA) is 12.9 Å². The Morgan fingerprint density at radius 1 is 0.432 bits per heavy atom. The highest BCUT2D eigenvalue weighted by Crippen LogP contribution is 2.45. The number of rotatable bonds is 3. The maximum Gasteiger partial charge on any atom is 0.0353 e. The van der Waals surface area contributed by atoms with Crippen LogP contribution in [0.3, 0.4) is 0 Å². The average molecular weight is 472 g/mol. The number of benzene rings is 6. The Labute approximate surface area is 216 Å². The number of hydrogen-bond donors (Lipinski definition) is 0. The summed E-state index contributed by atoms with van der Waals surface area (Å²) in [6, 6.07) is 43.9. The Morgan fingerprint density at radius 3 is 1.76 bits per heavy atom. The van der Waals surface area contributed by atoms with Gasteiger partial charge in [0.15, 0.2) is 0 Å². The van der Waals surface area contributed by atoms with E-state index in [9.17, 15) is 0 Å². The van der Waals surface area contributed by atoms with Crippen LogP contribution in [0.15, 0.2) is 134 Å². The lowest BCUT2D eigenvalue weighted by atomic mass is 9.85. The monoisotopic (exact) mass is 471 g/mol. The van der Waals surface area contributed by atoms with E-state index in [0.717, 1.165) is 0 Å². The fourth-order valence-electron chi connectivity index (χ4n) is 5.64. The number of aromatic nitrogens is 1. The van der Waals surface area contributed by atoms with Crippen LogP contribution >= 0.6 is 0 Å². The largest absolute Gasteiger partial charge is 0.264 e. The molecule has 0 saturated heterocycles. The minimum atomic E-state index is 1.17. The second-order valence-electron chi connectivity index (χ2n) is 9.69. The van der Waals surface area contributed by atoms with E-state index in [1.807, 2.05) is 12.4 Å². The van der Waals surface area contributed by atoms with Gasteiger partial charge >= 0.3 is 0 Å². The number of fused-ring (bicyclic) bond motifs is 3. The second-order valence-corrected chi connectivity index (χ2v) is 9.69. The van der Waals surface area contributed by atoms with E-state index in [1.54, 1.807) is 0 Å². The first-order valence-corrected chi connectivity index (χ1v) is 12.7. The molecule has 0 unspecified atom stereocenters. The van der Waals surface area contributed by atoms with Gasteiger partial charge < -0.3 is 0 Å². The molecule has 0 aliphatic carbocycles. The lowest BCUT2D eigenvalue weighted by Gasteiger charge is -2.18. The summed E-state index contributed by atoms with van der Waals surface area (Å²) < 4.78 is 0. The number of aryl methyl sites for hydroxylation is 1. The molecule has 1 heterocycles. The van der Waals surface area contributed by atoms with Crippen molar-refractivity contribution in [2.45, 2.75) is 6.92 Å². The van der Waals surface area contributed by atoms with Crippen LogP contribution in [-0.4, -0.2) is 4.98 Å². The first-order valence-electron chi connectivity index (χ1n) is 12.7. The van der Waals surface area contributed by atoms with Crippen LogP contribution in [0.25, 0.3) is 65.7 Å². The molecule has 0 saturated carbocycles. The molecule has 0 aliphatic heterocycles. The van der Waals surface area contributed by atoms with Crippen LogP contribution in [0.2, 0.25) is 0 Å². The van der Waals surface area contributed by atoms with Gasteiger partial charge in [-0.05, 0) is 73.3 Å². The third kappa shape index (κ3) is 3.59. The van der Waals surface area contributed by atoms with Crippen molar-refractivity contribution in [2.24, 2.45) is 0 Å². The predicted octanol–water partition coefficient (Wildman–Crippen LogP) is 9.85. The highest BCUT2D eigenvalue weighted by Gasteiger charge is 2.18. The van der Waals surface area contributed by atoms with E-state index < -0.39 is 0 Å². The summed E-state index contributed by atoms with van der Waals surface area (Å²) in [5.74, 6) is 0. The van der Waals surface area contributed by atoms with Gasteiger partial charge in [-0.15, -0.1) is 0 Å². The SMILES string of the molecule is Cc1ccc(-c2ccc(-c3c4ccccc4c(-c4cccc5ccccc45)c4ccncc34)cc2)cc1. The Morgan fingerprint density at radius 2 is 1.00 bits per heavy atom. The third-order valence-electron chi connectivity index (χ3n) is 7.44. The van der Waals surface area contributed by atoms with Gasteiger partial charge in [-0.25, -0.2) is 0 Å². The van der Waals surface area contributed by atoms with Gasteiger partial charge in [-0.2, -0.15) is 0 Å². The normalized spacial score (nSPS) is 11.4. The van der Waals surface area contributed by atoms with E-state index in [-0.39, 0.29) is 0 Å². The van der Waals surface area contributed by atoms with Crippen molar-refractivity contribution in [3.8, 4) is 33.4 Å². The zero-order valence-corrected chi connectivity index (χ0v) is 20.6. The number of nitrogens with zero attached hydrogens (tertiary/aromatic N) is 1. The van der Waals surface area contributed by atoms with Gasteiger partial charge in [-0.3, -0.25) is 4.98 Å². The van der Waals surface area contributed by atoms with Crippen LogP contribution in [0.5, 0.6) is 0 Å². The third-order valence-corrected chi connectivity index (χ3v) is 7.44. The quantitative estimate of drug-likeness (QED) is 0.234. The summed E-state index contributed by atoms with van der Waals surface area (Å²) in [6.45, 7) is 2.12. The zero-order chi connectivity index (χ0) is 24.8. The Bertz CT molecular complexity index is 1850. The lowest BCUT2D eigenvalue weighted by molar-refractivity contribution is 1.37. The molecule has 174 valence electrons. The van der Waals surface area contributed by atoms with Gasteiger partial charge in [0.05, 0.1) is 0 Å². The highest BCUT2D eigenvalue weighted by atomic mass is 14.6. The van der Waals surface area contributed by atoms with Gasteiger partial charge in [0.1, 0.15) is 0 Å². The molecule has 1 heteroatoms. The molecule has 7 rings (SSSR count). The first kappa shape index (κ1) is 21.5. The van der Waals surface area contributed by atoms with Gasteiger partial charge in [-0.1, -0.05) is 121 Å². The van der Waals surface area contributed by atoms with E-state index in [2.05, 4.69) is 133 Å². The van der Waals surface area contributed by atoms with E-state index >= 15 is 0 Å². The molecule has 1 nitrogen and oxygen atoms in total.